The summed E-state index contributed by atoms with van der Waals surface area (Å²) in [6.07, 6.45) is 1.63. The summed E-state index contributed by atoms with van der Waals surface area (Å²) in [6.45, 7) is 8.48. The molecule has 3 unspecified atom stereocenters. The standard InChI is InChI=1S/C14H18O2/c1-4-14(3)10-15-13(16-14)11(2)12-8-6-5-7-9-12/h4-9,11,13H,1,10H2,2-3H3. The third-order valence-electron chi connectivity index (χ3n) is 3.08. The Morgan fingerprint density at radius 3 is 2.69 bits per heavy atom. The van der Waals surface area contributed by atoms with E-state index in [1.165, 1.54) is 5.56 Å². The van der Waals surface area contributed by atoms with Crippen LogP contribution in [0, 0.1) is 0 Å². The van der Waals surface area contributed by atoms with Gasteiger partial charge in [0.05, 0.1) is 6.61 Å². The first-order valence-electron chi connectivity index (χ1n) is 5.62. The highest BCUT2D eigenvalue weighted by Gasteiger charge is 2.37. The molecule has 0 N–H and O–H groups in total. The Hall–Kier alpha value is -1.12. The molecule has 1 fully saturated rings. The van der Waals surface area contributed by atoms with Crippen molar-refractivity contribution in [2.75, 3.05) is 6.61 Å². The normalized spacial score (nSPS) is 31.2. The maximum absolute atomic E-state index is 5.87. The number of benzene rings is 1. The smallest absolute Gasteiger partial charge is 0.165 e. The van der Waals surface area contributed by atoms with Crippen molar-refractivity contribution < 1.29 is 9.47 Å². The molecule has 0 aliphatic carbocycles. The maximum atomic E-state index is 5.87. The van der Waals surface area contributed by atoms with Crippen molar-refractivity contribution in [3.05, 3.63) is 48.6 Å². The van der Waals surface area contributed by atoms with Crippen LogP contribution in [0.5, 0.6) is 0 Å². The second-order valence-electron chi connectivity index (χ2n) is 4.51. The van der Waals surface area contributed by atoms with E-state index in [0.717, 1.165) is 0 Å². The molecule has 0 aromatic heterocycles. The topological polar surface area (TPSA) is 18.5 Å². The second kappa shape index (κ2) is 4.40. The van der Waals surface area contributed by atoms with E-state index >= 15 is 0 Å². The SMILES string of the molecule is C=CC1(C)COC(C(C)c2ccccc2)O1. The van der Waals surface area contributed by atoms with E-state index < -0.39 is 0 Å². The quantitative estimate of drug-likeness (QED) is 0.726. The fourth-order valence-corrected chi connectivity index (χ4v) is 1.85. The first kappa shape index (κ1) is 11.4. The van der Waals surface area contributed by atoms with Gasteiger partial charge >= 0.3 is 0 Å². The summed E-state index contributed by atoms with van der Waals surface area (Å²) in [5.41, 5.74) is 0.897. The molecule has 1 aromatic carbocycles. The minimum Gasteiger partial charge on any atom is -0.349 e. The van der Waals surface area contributed by atoms with Gasteiger partial charge in [0.15, 0.2) is 6.29 Å². The average Bonchev–Trinajstić information content (AvgIpc) is 2.73. The Labute approximate surface area is 96.9 Å². The molecule has 86 valence electrons. The summed E-state index contributed by atoms with van der Waals surface area (Å²) >= 11 is 0. The summed E-state index contributed by atoms with van der Waals surface area (Å²) in [4.78, 5) is 0. The molecule has 0 saturated carbocycles. The third-order valence-corrected chi connectivity index (χ3v) is 3.08. The van der Waals surface area contributed by atoms with Crippen LogP contribution in [0.15, 0.2) is 43.0 Å². The molecule has 0 amide bonds. The third kappa shape index (κ3) is 2.18. The zero-order valence-corrected chi connectivity index (χ0v) is 9.85. The molecule has 1 saturated heterocycles. The van der Waals surface area contributed by atoms with Gasteiger partial charge in [-0.2, -0.15) is 0 Å². The minimum absolute atomic E-state index is 0.176. The van der Waals surface area contributed by atoms with Gasteiger partial charge in [0, 0.05) is 5.92 Å². The number of rotatable bonds is 3. The molecule has 1 aliphatic heterocycles. The monoisotopic (exact) mass is 218 g/mol. The van der Waals surface area contributed by atoms with E-state index in [1.807, 2.05) is 31.2 Å². The molecule has 2 heteroatoms. The van der Waals surface area contributed by atoms with Crippen LogP contribution < -0.4 is 0 Å². The molecule has 0 bridgehead atoms. The zero-order valence-electron chi connectivity index (χ0n) is 9.85. The van der Waals surface area contributed by atoms with E-state index in [1.54, 1.807) is 0 Å². The van der Waals surface area contributed by atoms with Crippen molar-refractivity contribution in [1.29, 1.82) is 0 Å². The van der Waals surface area contributed by atoms with Crippen molar-refractivity contribution in [3.63, 3.8) is 0 Å². The first-order chi connectivity index (χ1) is 7.64. The Kier molecular flexibility index (Phi) is 3.13. The molecule has 0 radical (unpaired) electrons. The van der Waals surface area contributed by atoms with Gasteiger partial charge in [-0.25, -0.2) is 0 Å². The maximum Gasteiger partial charge on any atom is 0.165 e. The van der Waals surface area contributed by atoms with Crippen molar-refractivity contribution in [1.82, 2.24) is 0 Å². The predicted octanol–water partition coefficient (Wildman–Crippen LogP) is 3.11. The van der Waals surface area contributed by atoms with Gasteiger partial charge in [-0.15, -0.1) is 6.58 Å². The van der Waals surface area contributed by atoms with E-state index in [2.05, 4.69) is 25.6 Å². The summed E-state index contributed by atoms with van der Waals surface area (Å²) in [6, 6.07) is 10.3. The van der Waals surface area contributed by atoms with Crippen LogP contribution in [0.3, 0.4) is 0 Å². The number of ether oxygens (including phenoxy) is 2. The largest absolute Gasteiger partial charge is 0.349 e. The summed E-state index contributed by atoms with van der Waals surface area (Å²) in [7, 11) is 0. The van der Waals surface area contributed by atoms with E-state index in [9.17, 15) is 0 Å². The van der Waals surface area contributed by atoms with Gasteiger partial charge in [0.25, 0.3) is 0 Å². The first-order valence-corrected chi connectivity index (χ1v) is 5.62. The Bertz CT molecular complexity index is 360. The highest BCUT2D eigenvalue weighted by Crippen LogP contribution is 2.32. The molecule has 1 aliphatic rings. The van der Waals surface area contributed by atoms with Crippen molar-refractivity contribution in [2.45, 2.75) is 31.7 Å². The second-order valence-corrected chi connectivity index (χ2v) is 4.51. The summed E-state index contributed by atoms with van der Waals surface area (Å²) < 4.78 is 11.6. The van der Waals surface area contributed by atoms with Crippen LogP contribution >= 0.6 is 0 Å². The highest BCUT2D eigenvalue weighted by atomic mass is 16.7. The number of hydrogen-bond acceptors (Lipinski definition) is 2. The molecular formula is C14H18O2. The summed E-state index contributed by atoms with van der Waals surface area (Å²) in [5.74, 6) is 0.239. The lowest BCUT2D eigenvalue weighted by Crippen LogP contribution is -2.26. The summed E-state index contributed by atoms with van der Waals surface area (Å²) in [5, 5.41) is 0. The van der Waals surface area contributed by atoms with E-state index in [4.69, 9.17) is 9.47 Å². The lowest BCUT2D eigenvalue weighted by molar-refractivity contribution is -0.0839. The zero-order chi connectivity index (χ0) is 11.6. The lowest BCUT2D eigenvalue weighted by atomic mass is 10.0. The van der Waals surface area contributed by atoms with Crippen LogP contribution in [0.2, 0.25) is 0 Å². The van der Waals surface area contributed by atoms with Crippen molar-refractivity contribution in [3.8, 4) is 0 Å². The molecule has 3 atom stereocenters. The number of hydrogen-bond donors (Lipinski definition) is 0. The molecule has 1 aromatic rings. The van der Waals surface area contributed by atoms with Gasteiger partial charge in [-0.1, -0.05) is 43.3 Å². The highest BCUT2D eigenvalue weighted by molar-refractivity contribution is 5.19. The van der Waals surface area contributed by atoms with E-state index in [0.29, 0.717) is 6.61 Å². The predicted molar refractivity (Wildman–Crippen MR) is 64.3 cm³/mol. The minimum atomic E-state index is -0.340. The van der Waals surface area contributed by atoms with Crippen LogP contribution in [-0.2, 0) is 9.47 Å². The Morgan fingerprint density at radius 2 is 2.12 bits per heavy atom. The average molecular weight is 218 g/mol. The molecule has 2 nitrogen and oxygen atoms in total. The van der Waals surface area contributed by atoms with Crippen LogP contribution in [-0.4, -0.2) is 18.5 Å². The molecular weight excluding hydrogens is 200 g/mol. The van der Waals surface area contributed by atoms with Gasteiger partial charge in [-0.05, 0) is 12.5 Å². The fourth-order valence-electron chi connectivity index (χ4n) is 1.85. The fraction of sp³-hybridized carbons (Fsp3) is 0.429. The Balaban J connectivity index is 2.08. The van der Waals surface area contributed by atoms with Crippen LogP contribution in [0.4, 0.5) is 0 Å². The lowest BCUT2D eigenvalue weighted by Gasteiger charge is -2.21. The molecule has 16 heavy (non-hydrogen) atoms. The van der Waals surface area contributed by atoms with Gasteiger partial charge < -0.3 is 9.47 Å². The van der Waals surface area contributed by atoms with Crippen LogP contribution in [0.1, 0.15) is 25.3 Å². The molecule has 1 heterocycles. The molecule has 0 spiro atoms. The van der Waals surface area contributed by atoms with Gasteiger partial charge in [0.1, 0.15) is 5.60 Å². The Morgan fingerprint density at radius 1 is 1.44 bits per heavy atom. The van der Waals surface area contributed by atoms with Gasteiger partial charge in [0.2, 0.25) is 0 Å². The van der Waals surface area contributed by atoms with Gasteiger partial charge in [-0.3, -0.25) is 0 Å². The van der Waals surface area contributed by atoms with E-state index in [-0.39, 0.29) is 17.8 Å². The van der Waals surface area contributed by atoms with Crippen molar-refractivity contribution in [2.24, 2.45) is 0 Å². The molecule has 2 rings (SSSR count). The van der Waals surface area contributed by atoms with Crippen molar-refractivity contribution >= 4 is 0 Å². The van der Waals surface area contributed by atoms with Crippen LogP contribution in [0.25, 0.3) is 0 Å².